The number of fused-ring (bicyclic) bond motifs is 3. The number of likely N-dealkylation sites (tertiary alicyclic amines) is 1. The molecule has 0 bridgehead atoms. The number of nitrogens with zero attached hydrogens (tertiary/aromatic N) is 9. The summed E-state index contributed by atoms with van der Waals surface area (Å²) in [6, 6.07) is 22.5. The van der Waals surface area contributed by atoms with Gasteiger partial charge in [0.15, 0.2) is 0 Å². The molecule has 9 heterocycles. The van der Waals surface area contributed by atoms with E-state index in [0.717, 1.165) is 96.2 Å². The normalized spacial score (nSPS) is 20.5. The first kappa shape index (κ1) is 40.7. The first-order chi connectivity index (χ1) is 32.1. The Balaban J connectivity index is 0.625. The van der Waals surface area contributed by atoms with Crippen molar-refractivity contribution in [2.75, 3.05) is 84.3 Å². The highest BCUT2D eigenvalue weighted by atomic mass is 16.5. The quantitative estimate of drug-likeness (QED) is 0.144. The zero-order valence-electron chi connectivity index (χ0n) is 37.9. The molecule has 15 heteroatoms. The third-order valence-electron chi connectivity index (χ3n) is 15.1. The Bertz CT molecular complexity index is 2890. The van der Waals surface area contributed by atoms with Gasteiger partial charge in [0.05, 0.1) is 41.3 Å². The Hall–Kier alpha value is -6.74. The number of carbonyl (C=O) groups excluding carboxylic acids is 2. The van der Waals surface area contributed by atoms with Crippen LogP contribution < -0.4 is 35.4 Å². The number of rotatable bonds is 8. The van der Waals surface area contributed by atoms with E-state index >= 15 is 0 Å². The molecule has 12 rings (SSSR count). The van der Waals surface area contributed by atoms with Crippen molar-refractivity contribution < 1.29 is 14.3 Å². The second kappa shape index (κ2) is 16.0. The van der Waals surface area contributed by atoms with Crippen LogP contribution in [0.15, 0.2) is 73.1 Å². The molecule has 1 atom stereocenters. The van der Waals surface area contributed by atoms with Crippen molar-refractivity contribution in [2.45, 2.75) is 64.5 Å². The number of benzene rings is 3. The van der Waals surface area contributed by atoms with Gasteiger partial charge in [-0.05, 0) is 92.6 Å². The Kier molecular flexibility index (Phi) is 9.88. The van der Waals surface area contributed by atoms with Crippen LogP contribution in [0.2, 0.25) is 0 Å². The van der Waals surface area contributed by atoms with Crippen LogP contribution in [-0.2, 0) is 29.6 Å². The van der Waals surface area contributed by atoms with Crippen LogP contribution in [0.1, 0.15) is 59.7 Å². The molecule has 4 fully saturated rings. The lowest BCUT2D eigenvalue weighted by Gasteiger charge is -2.63. The fourth-order valence-electron chi connectivity index (χ4n) is 11.6. The van der Waals surface area contributed by atoms with Crippen LogP contribution in [0, 0.1) is 19.3 Å². The molecule has 1 spiro atoms. The molecule has 2 amide bonds. The van der Waals surface area contributed by atoms with Gasteiger partial charge in [-0.15, -0.1) is 0 Å². The number of hydrogen-bond acceptors (Lipinski definition) is 13. The minimum atomic E-state index is -0.423. The Morgan fingerprint density at radius 2 is 1.65 bits per heavy atom. The maximum atomic E-state index is 12.8. The highest BCUT2D eigenvalue weighted by molar-refractivity contribution is 6.04. The van der Waals surface area contributed by atoms with Crippen molar-refractivity contribution in [3.8, 4) is 17.0 Å². The van der Waals surface area contributed by atoms with Gasteiger partial charge in [-0.3, -0.25) is 24.5 Å². The Labute approximate surface area is 384 Å². The van der Waals surface area contributed by atoms with Crippen LogP contribution in [-0.4, -0.2) is 106 Å². The average molecular weight is 885 g/mol. The third-order valence-corrected chi connectivity index (χ3v) is 15.1. The largest absolute Gasteiger partial charge is 0.474 e. The van der Waals surface area contributed by atoms with E-state index in [-0.39, 0.29) is 11.8 Å². The van der Waals surface area contributed by atoms with Crippen molar-refractivity contribution in [3.05, 3.63) is 101 Å². The maximum absolute atomic E-state index is 12.8. The number of carbonyl (C=O) groups is 2. The minimum Gasteiger partial charge on any atom is -0.474 e. The molecule has 4 saturated heterocycles. The molecule has 0 radical (unpaired) electrons. The summed E-state index contributed by atoms with van der Waals surface area (Å²) < 4.78 is 7.65. The number of piperidine rings is 2. The highest BCUT2D eigenvalue weighted by Crippen LogP contribution is 2.45. The fourth-order valence-corrected chi connectivity index (χ4v) is 11.6. The van der Waals surface area contributed by atoms with E-state index in [1.54, 1.807) is 0 Å². The molecule has 3 N–H and O–H groups in total. The van der Waals surface area contributed by atoms with Gasteiger partial charge in [0.25, 0.3) is 0 Å². The van der Waals surface area contributed by atoms with Gasteiger partial charge < -0.3 is 30.1 Å². The minimum absolute atomic E-state index is 0.211. The van der Waals surface area contributed by atoms with E-state index in [0.29, 0.717) is 49.3 Å². The van der Waals surface area contributed by atoms with Crippen LogP contribution in [0.25, 0.3) is 22.0 Å². The number of ether oxygens (including phenoxy) is 1. The van der Waals surface area contributed by atoms with E-state index in [9.17, 15) is 9.59 Å². The molecule has 1 unspecified atom stereocenters. The van der Waals surface area contributed by atoms with Gasteiger partial charge in [0.2, 0.25) is 23.6 Å². The standard InChI is InChI=1S/C51H56N12O3/c1-31-23-37(11-12-38(31)39-5-4-6-40-46(58-59(3)47(39)40)41-13-14-44(64)57-48(41)65)63-29-51(30-63)27-62(28-51)36-16-20-60(21-17-36)35-9-7-34(8-10-35)55-50-54-24-33-15-19-61(26-42(33)56-50)43-25-53-49-45(32(43)2)52-18-22-66-49/h4-12,23-25,36,41,52H,13-22,26-30H2,1-3H3,(H,54,55,56)(H,57,64,65). The number of aryl methyl sites for hydroxylation is 2. The molecular formula is C51H56N12O3. The molecule has 338 valence electrons. The van der Waals surface area contributed by atoms with Crippen molar-refractivity contribution in [2.24, 2.45) is 12.5 Å². The lowest BCUT2D eigenvalue weighted by Crippen LogP contribution is -2.74. The highest BCUT2D eigenvalue weighted by Gasteiger charge is 2.53. The predicted molar refractivity (Wildman–Crippen MR) is 257 cm³/mol. The van der Waals surface area contributed by atoms with E-state index < -0.39 is 5.92 Å². The first-order valence-electron chi connectivity index (χ1n) is 23.6. The van der Waals surface area contributed by atoms with Gasteiger partial charge in [-0.25, -0.2) is 15.0 Å². The molecule has 15 nitrogen and oxygen atoms in total. The summed E-state index contributed by atoms with van der Waals surface area (Å²) in [6.45, 7) is 14.1. The van der Waals surface area contributed by atoms with Crippen LogP contribution in [0.4, 0.5) is 34.4 Å². The van der Waals surface area contributed by atoms with Crippen LogP contribution in [0.3, 0.4) is 0 Å². The summed E-state index contributed by atoms with van der Waals surface area (Å²) in [6.07, 6.45) is 7.99. The molecule has 6 aromatic rings. The second-order valence-electron chi connectivity index (χ2n) is 19.4. The average Bonchev–Trinajstić information content (AvgIpc) is 3.64. The first-order valence-corrected chi connectivity index (χ1v) is 23.6. The zero-order valence-corrected chi connectivity index (χ0v) is 37.9. The molecule has 0 aliphatic carbocycles. The summed E-state index contributed by atoms with van der Waals surface area (Å²) in [5.74, 6) is 0.415. The SMILES string of the molecule is Cc1cc(N2CC3(C2)CN(C2CCN(c4ccc(Nc5ncc6c(n5)CN(c5cnc7c(c5C)NCCO7)CC6)cc4)CC2)C3)ccc1-c1cccc2c(C3CCC(=O)NC3=O)nn(C)c12. The summed E-state index contributed by atoms with van der Waals surface area (Å²) in [5, 5.41) is 15.2. The number of hydrogen-bond donors (Lipinski definition) is 3. The zero-order chi connectivity index (χ0) is 44.7. The number of amides is 2. The van der Waals surface area contributed by atoms with E-state index in [2.05, 4.69) is 114 Å². The van der Waals surface area contributed by atoms with Crippen LogP contribution >= 0.6 is 0 Å². The summed E-state index contributed by atoms with van der Waals surface area (Å²) in [4.78, 5) is 49.0. The topological polar surface area (TPSA) is 149 Å². The molecule has 3 aromatic heterocycles. The number of nitrogens with one attached hydrogen (secondary N) is 3. The van der Waals surface area contributed by atoms with Crippen molar-refractivity contribution in [1.82, 2.24) is 34.9 Å². The van der Waals surface area contributed by atoms with Crippen molar-refractivity contribution in [3.63, 3.8) is 0 Å². The van der Waals surface area contributed by atoms with Crippen molar-refractivity contribution in [1.29, 1.82) is 0 Å². The van der Waals surface area contributed by atoms with Gasteiger partial charge in [0, 0.05) is 117 Å². The number of imide groups is 1. The van der Waals surface area contributed by atoms with Gasteiger partial charge >= 0.3 is 0 Å². The molecular weight excluding hydrogens is 829 g/mol. The summed E-state index contributed by atoms with van der Waals surface area (Å²) >= 11 is 0. The molecule has 3 aromatic carbocycles. The summed E-state index contributed by atoms with van der Waals surface area (Å²) in [5.41, 5.74) is 14.7. The summed E-state index contributed by atoms with van der Waals surface area (Å²) in [7, 11) is 1.94. The predicted octanol–water partition coefficient (Wildman–Crippen LogP) is 6.46. The Morgan fingerprint density at radius 3 is 2.45 bits per heavy atom. The molecule has 0 saturated carbocycles. The van der Waals surface area contributed by atoms with E-state index in [1.165, 1.54) is 54.0 Å². The third kappa shape index (κ3) is 7.15. The molecule has 6 aliphatic rings. The monoisotopic (exact) mass is 884 g/mol. The maximum Gasteiger partial charge on any atom is 0.237 e. The van der Waals surface area contributed by atoms with E-state index in [4.69, 9.17) is 14.8 Å². The number of pyridine rings is 1. The second-order valence-corrected chi connectivity index (χ2v) is 19.4. The number of aromatic nitrogens is 5. The number of anilines is 6. The molecule has 6 aliphatic heterocycles. The lowest BCUT2D eigenvalue weighted by atomic mass is 9.71. The molecule has 66 heavy (non-hydrogen) atoms. The smallest absolute Gasteiger partial charge is 0.237 e. The fraction of sp³-hybridized carbons (Fsp3) is 0.412. The van der Waals surface area contributed by atoms with Gasteiger partial charge in [-0.1, -0.05) is 24.3 Å². The van der Waals surface area contributed by atoms with E-state index in [1.807, 2.05) is 30.2 Å². The van der Waals surface area contributed by atoms with Gasteiger partial charge in [-0.2, -0.15) is 5.10 Å². The van der Waals surface area contributed by atoms with Crippen molar-refractivity contribution >= 4 is 57.1 Å². The van der Waals surface area contributed by atoms with Gasteiger partial charge in [0.1, 0.15) is 12.3 Å². The van der Waals surface area contributed by atoms with Crippen LogP contribution in [0.5, 0.6) is 5.88 Å². The Morgan fingerprint density at radius 1 is 0.833 bits per heavy atom. The lowest BCUT2D eigenvalue weighted by molar-refractivity contribution is -0.134. The number of para-hydroxylation sites is 1.